The molecule has 0 bridgehead atoms. The molecule has 1 aliphatic heterocycles. The molecule has 0 saturated carbocycles. The highest BCUT2D eigenvalue weighted by Crippen LogP contribution is 2.19. The maximum atomic E-state index is 12.2. The van der Waals surface area contributed by atoms with Gasteiger partial charge in [-0.15, -0.1) is 10.2 Å². The summed E-state index contributed by atoms with van der Waals surface area (Å²) in [6, 6.07) is 0.347. The van der Waals surface area contributed by atoms with Gasteiger partial charge in [-0.3, -0.25) is 9.80 Å². The number of rotatable bonds is 6. The van der Waals surface area contributed by atoms with Crippen molar-refractivity contribution in [1.29, 1.82) is 0 Å². The van der Waals surface area contributed by atoms with Crippen LogP contribution in [0.15, 0.2) is 0 Å². The van der Waals surface area contributed by atoms with Crippen molar-refractivity contribution >= 4 is 0 Å². The minimum Gasteiger partial charge on any atom is -0.380 e. The number of alkyl halides is 3. The molecule has 2 atom stereocenters. The number of tetrazole rings is 1. The van der Waals surface area contributed by atoms with E-state index in [2.05, 4.69) is 20.3 Å². The second-order valence-corrected chi connectivity index (χ2v) is 5.73. The van der Waals surface area contributed by atoms with E-state index in [1.807, 2.05) is 19.0 Å². The standard InChI is InChI=1S/C12H21F3N6O/c1-19(5-9-4-10(22-3)6-20(9)2)7-11-16-18-21(17-11)8-12(13,14)15/h9-10H,4-8H2,1-3H3/t9-,10-/m0/s1. The van der Waals surface area contributed by atoms with E-state index < -0.39 is 12.7 Å². The van der Waals surface area contributed by atoms with Gasteiger partial charge in [-0.1, -0.05) is 0 Å². The van der Waals surface area contributed by atoms with E-state index in [1.165, 1.54) is 0 Å². The van der Waals surface area contributed by atoms with Crippen LogP contribution in [-0.4, -0.2) is 82.6 Å². The predicted octanol–water partition coefficient (Wildman–Crippen LogP) is 0.386. The molecule has 7 nitrogen and oxygen atoms in total. The third-order valence-electron chi connectivity index (χ3n) is 3.73. The molecular formula is C12H21F3N6O. The SMILES string of the molecule is CO[C@H]1C[C@@H](CN(C)Cc2nnn(CC(F)(F)F)n2)N(C)C1. The van der Waals surface area contributed by atoms with Crippen LogP contribution in [-0.2, 0) is 17.8 Å². The van der Waals surface area contributed by atoms with Crippen LogP contribution in [0, 0.1) is 0 Å². The normalized spacial score (nSPS) is 23.6. The van der Waals surface area contributed by atoms with Gasteiger partial charge in [0.2, 0.25) is 0 Å². The van der Waals surface area contributed by atoms with Crippen molar-refractivity contribution in [2.75, 3.05) is 34.3 Å². The summed E-state index contributed by atoms with van der Waals surface area (Å²) >= 11 is 0. The summed E-state index contributed by atoms with van der Waals surface area (Å²) in [5.74, 6) is 0.288. The molecule has 1 aromatic heterocycles. The summed E-state index contributed by atoms with van der Waals surface area (Å²) in [4.78, 5) is 4.78. The summed E-state index contributed by atoms with van der Waals surface area (Å²) in [7, 11) is 5.63. The molecule has 2 rings (SSSR count). The number of hydrogen-bond acceptors (Lipinski definition) is 6. The van der Waals surface area contributed by atoms with Gasteiger partial charge in [0.05, 0.1) is 12.6 Å². The van der Waals surface area contributed by atoms with Gasteiger partial charge in [0.25, 0.3) is 0 Å². The first-order valence-electron chi connectivity index (χ1n) is 7.02. The van der Waals surface area contributed by atoms with Crippen molar-refractivity contribution in [1.82, 2.24) is 30.0 Å². The number of ether oxygens (including phenoxy) is 1. The van der Waals surface area contributed by atoms with Crippen LogP contribution >= 0.6 is 0 Å². The summed E-state index contributed by atoms with van der Waals surface area (Å²) < 4.78 is 42.1. The average molecular weight is 322 g/mol. The van der Waals surface area contributed by atoms with Gasteiger partial charge in [-0.05, 0) is 25.7 Å². The van der Waals surface area contributed by atoms with E-state index in [0.29, 0.717) is 17.4 Å². The zero-order valence-electron chi connectivity index (χ0n) is 12.9. The topological polar surface area (TPSA) is 59.3 Å². The highest BCUT2D eigenvalue weighted by molar-refractivity contribution is 4.87. The van der Waals surface area contributed by atoms with Crippen LogP contribution < -0.4 is 0 Å². The fourth-order valence-corrected chi connectivity index (χ4v) is 2.65. The molecule has 0 spiro atoms. The predicted molar refractivity (Wildman–Crippen MR) is 72.0 cm³/mol. The van der Waals surface area contributed by atoms with Gasteiger partial charge >= 0.3 is 6.18 Å². The molecule has 10 heteroatoms. The smallest absolute Gasteiger partial charge is 0.380 e. The summed E-state index contributed by atoms with van der Waals surface area (Å²) in [6.45, 7) is 0.795. The van der Waals surface area contributed by atoms with E-state index in [1.54, 1.807) is 7.11 Å². The lowest BCUT2D eigenvalue weighted by Gasteiger charge is -2.24. The molecule has 0 N–H and O–H groups in total. The molecule has 1 aromatic rings. The Morgan fingerprint density at radius 3 is 2.73 bits per heavy atom. The number of likely N-dealkylation sites (tertiary alicyclic amines) is 1. The first-order valence-corrected chi connectivity index (χ1v) is 7.02. The van der Waals surface area contributed by atoms with Crippen LogP contribution in [0.2, 0.25) is 0 Å². The van der Waals surface area contributed by atoms with Gasteiger partial charge in [0.15, 0.2) is 12.4 Å². The minimum absolute atomic E-state index is 0.231. The third kappa shape index (κ3) is 4.89. The second-order valence-electron chi connectivity index (χ2n) is 5.73. The number of methoxy groups -OCH3 is 1. The first-order chi connectivity index (χ1) is 10.3. The molecule has 1 aliphatic rings. The lowest BCUT2D eigenvalue weighted by atomic mass is 10.2. The minimum atomic E-state index is -4.34. The van der Waals surface area contributed by atoms with Crippen LogP contribution in [0.25, 0.3) is 0 Å². The van der Waals surface area contributed by atoms with Crippen molar-refractivity contribution in [3.8, 4) is 0 Å². The maximum Gasteiger partial charge on any atom is 0.409 e. The van der Waals surface area contributed by atoms with Gasteiger partial charge in [-0.25, -0.2) is 0 Å². The number of halogens is 3. The van der Waals surface area contributed by atoms with Gasteiger partial charge in [0.1, 0.15) is 0 Å². The number of aromatic nitrogens is 4. The van der Waals surface area contributed by atoms with Crippen LogP contribution in [0.3, 0.4) is 0 Å². The highest BCUT2D eigenvalue weighted by atomic mass is 19.4. The first kappa shape index (κ1) is 17.1. The summed E-state index contributed by atoms with van der Waals surface area (Å²) in [6.07, 6.45) is -3.17. The molecule has 22 heavy (non-hydrogen) atoms. The van der Waals surface area contributed by atoms with E-state index in [4.69, 9.17) is 4.74 Å². The van der Waals surface area contributed by atoms with Crippen molar-refractivity contribution in [3.63, 3.8) is 0 Å². The van der Waals surface area contributed by atoms with E-state index in [9.17, 15) is 13.2 Å². The van der Waals surface area contributed by atoms with E-state index >= 15 is 0 Å². The van der Waals surface area contributed by atoms with E-state index in [-0.39, 0.29) is 11.9 Å². The van der Waals surface area contributed by atoms with Crippen molar-refractivity contribution < 1.29 is 17.9 Å². The lowest BCUT2D eigenvalue weighted by molar-refractivity contribution is -0.145. The zero-order chi connectivity index (χ0) is 16.3. The zero-order valence-corrected chi connectivity index (χ0v) is 12.9. The van der Waals surface area contributed by atoms with Crippen molar-refractivity contribution in [2.24, 2.45) is 0 Å². The van der Waals surface area contributed by atoms with Gasteiger partial charge in [0, 0.05) is 26.2 Å². The molecule has 0 unspecified atom stereocenters. The van der Waals surface area contributed by atoms with Gasteiger partial charge < -0.3 is 4.74 Å². The van der Waals surface area contributed by atoms with Gasteiger partial charge in [-0.2, -0.15) is 18.0 Å². The summed E-state index contributed by atoms with van der Waals surface area (Å²) in [5.41, 5.74) is 0. The third-order valence-corrected chi connectivity index (χ3v) is 3.73. The fourth-order valence-electron chi connectivity index (χ4n) is 2.65. The molecule has 2 heterocycles. The Labute approximate surface area is 127 Å². The Morgan fingerprint density at radius 1 is 1.41 bits per heavy atom. The lowest BCUT2D eigenvalue weighted by Crippen LogP contribution is -2.36. The summed E-state index contributed by atoms with van der Waals surface area (Å²) in [5, 5.41) is 10.8. The average Bonchev–Trinajstić information content (AvgIpc) is 2.95. The molecule has 0 amide bonds. The molecule has 1 saturated heterocycles. The van der Waals surface area contributed by atoms with Crippen LogP contribution in [0.1, 0.15) is 12.2 Å². The Kier molecular flexibility index (Phi) is 5.35. The molecular weight excluding hydrogens is 301 g/mol. The Hall–Kier alpha value is -1.26. The monoisotopic (exact) mass is 322 g/mol. The fraction of sp³-hybridized carbons (Fsp3) is 0.917. The molecule has 1 fully saturated rings. The second kappa shape index (κ2) is 6.88. The molecule has 0 aliphatic carbocycles. The number of hydrogen-bond donors (Lipinski definition) is 0. The Bertz CT molecular complexity index is 480. The quantitative estimate of drug-likeness (QED) is 0.755. The van der Waals surface area contributed by atoms with Crippen LogP contribution in [0.4, 0.5) is 13.2 Å². The molecule has 0 radical (unpaired) electrons. The van der Waals surface area contributed by atoms with E-state index in [0.717, 1.165) is 19.5 Å². The number of nitrogens with zero attached hydrogens (tertiary/aromatic N) is 6. The highest BCUT2D eigenvalue weighted by Gasteiger charge is 2.31. The van der Waals surface area contributed by atoms with Crippen molar-refractivity contribution in [2.45, 2.75) is 37.8 Å². The Balaban J connectivity index is 1.83. The molecule has 0 aromatic carbocycles. The van der Waals surface area contributed by atoms with Crippen LogP contribution in [0.5, 0.6) is 0 Å². The molecule has 126 valence electrons. The largest absolute Gasteiger partial charge is 0.409 e. The maximum absolute atomic E-state index is 12.2. The Morgan fingerprint density at radius 2 is 2.14 bits per heavy atom. The van der Waals surface area contributed by atoms with Crippen molar-refractivity contribution in [3.05, 3.63) is 5.82 Å². The number of likely N-dealkylation sites (N-methyl/N-ethyl adjacent to an activating group) is 2.